The molecular formula is C23H15Cl2N3O2. The fraction of sp³-hybridized carbons (Fsp3) is 0. The van der Waals surface area contributed by atoms with E-state index in [0.29, 0.717) is 32.5 Å². The topological polar surface area (TPSA) is 70.6 Å². The summed E-state index contributed by atoms with van der Waals surface area (Å²) in [5.41, 5.74) is 5.28. The molecule has 1 aliphatic carbocycles. The molecule has 3 aromatic carbocycles. The summed E-state index contributed by atoms with van der Waals surface area (Å²) in [7, 11) is 0. The lowest BCUT2D eigenvalue weighted by molar-refractivity contribution is -0.116. The zero-order valence-electron chi connectivity index (χ0n) is 15.5. The van der Waals surface area contributed by atoms with E-state index >= 15 is 0 Å². The van der Waals surface area contributed by atoms with Crippen LogP contribution in [0.25, 0.3) is 6.08 Å². The van der Waals surface area contributed by atoms with Crippen molar-refractivity contribution in [3.8, 4) is 0 Å². The summed E-state index contributed by atoms with van der Waals surface area (Å²) in [6, 6.07) is 21.0. The molecule has 5 nitrogen and oxygen atoms in total. The van der Waals surface area contributed by atoms with Crippen LogP contribution >= 0.6 is 23.2 Å². The number of nitrogens with zero attached hydrogens (tertiary/aromatic N) is 1. The molecule has 0 spiro atoms. The Hall–Kier alpha value is -3.41. The number of amides is 1. The Balaban J connectivity index is 1.69. The number of rotatable bonds is 4. The van der Waals surface area contributed by atoms with Gasteiger partial charge in [-0.05, 0) is 42.0 Å². The monoisotopic (exact) mass is 435 g/mol. The number of para-hydroxylation sites is 1. The van der Waals surface area contributed by atoms with Crippen molar-refractivity contribution in [1.29, 1.82) is 0 Å². The predicted octanol–water partition coefficient (Wildman–Crippen LogP) is 5.41. The van der Waals surface area contributed by atoms with Crippen LogP contribution in [0.4, 0.5) is 11.4 Å². The van der Waals surface area contributed by atoms with Crippen molar-refractivity contribution in [3.63, 3.8) is 0 Å². The van der Waals surface area contributed by atoms with Crippen molar-refractivity contribution in [1.82, 2.24) is 0 Å². The fourth-order valence-corrected chi connectivity index (χ4v) is 3.34. The molecule has 0 aromatic heterocycles. The standard InChI is InChI=1S/C23H15Cl2N3O2/c24-15-10-11-19(25)20(13-15)27-28-21-17-9-5-4-6-14(17)12-18(22(21)29)23(30)26-16-7-2-1-3-8-16/h1-13,27H,(H,26,30)/b28-21-. The number of anilines is 2. The molecule has 0 radical (unpaired) electrons. The van der Waals surface area contributed by atoms with Gasteiger partial charge in [0, 0.05) is 16.3 Å². The molecule has 3 aromatic rings. The smallest absolute Gasteiger partial charge is 0.259 e. The number of carbonyl (C=O) groups excluding carboxylic acids is 2. The van der Waals surface area contributed by atoms with E-state index in [2.05, 4.69) is 15.8 Å². The van der Waals surface area contributed by atoms with Gasteiger partial charge in [-0.15, -0.1) is 0 Å². The van der Waals surface area contributed by atoms with Crippen molar-refractivity contribution in [2.75, 3.05) is 10.7 Å². The van der Waals surface area contributed by atoms with E-state index in [1.54, 1.807) is 60.7 Å². The highest BCUT2D eigenvalue weighted by atomic mass is 35.5. The summed E-state index contributed by atoms with van der Waals surface area (Å²) in [6.07, 6.45) is 1.57. The highest BCUT2D eigenvalue weighted by molar-refractivity contribution is 6.59. The first-order chi connectivity index (χ1) is 14.5. The molecular weight excluding hydrogens is 421 g/mol. The van der Waals surface area contributed by atoms with Crippen molar-refractivity contribution in [3.05, 3.63) is 99.5 Å². The third-order valence-electron chi connectivity index (χ3n) is 4.47. The van der Waals surface area contributed by atoms with Crippen molar-refractivity contribution in [2.45, 2.75) is 0 Å². The Morgan fingerprint density at radius 3 is 2.43 bits per heavy atom. The van der Waals surface area contributed by atoms with Crippen LogP contribution in [0.1, 0.15) is 11.1 Å². The first kappa shape index (κ1) is 19.9. The van der Waals surface area contributed by atoms with E-state index in [9.17, 15) is 9.59 Å². The first-order valence-electron chi connectivity index (χ1n) is 9.04. The Labute approximate surface area is 183 Å². The lowest BCUT2D eigenvalue weighted by atomic mass is 9.89. The lowest BCUT2D eigenvalue weighted by Crippen LogP contribution is -2.30. The zero-order valence-corrected chi connectivity index (χ0v) is 17.0. The van der Waals surface area contributed by atoms with Crippen LogP contribution in [0.15, 0.2) is 83.5 Å². The summed E-state index contributed by atoms with van der Waals surface area (Å²) in [5, 5.41) is 7.89. The quantitative estimate of drug-likeness (QED) is 0.424. The van der Waals surface area contributed by atoms with Gasteiger partial charge in [-0.25, -0.2) is 0 Å². The van der Waals surface area contributed by atoms with Gasteiger partial charge in [-0.1, -0.05) is 65.7 Å². The number of carbonyl (C=O) groups is 2. The number of ketones is 1. The van der Waals surface area contributed by atoms with Crippen LogP contribution in [0.5, 0.6) is 0 Å². The number of hydrogen-bond acceptors (Lipinski definition) is 4. The Bertz CT molecular complexity index is 1200. The highest BCUT2D eigenvalue weighted by Crippen LogP contribution is 2.27. The van der Waals surface area contributed by atoms with Gasteiger partial charge in [-0.3, -0.25) is 15.0 Å². The van der Waals surface area contributed by atoms with Crippen LogP contribution < -0.4 is 10.7 Å². The maximum Gasteiger partial charge on any atom is 0.259 e. The van der Waals surface area contributed by atoms with Crippen LogP contribution in [0, 0.1) is 0 Å². The molecule has 1 aliphatic rings. The fourth-order valence-electron chi connectivity index (χ4n) is 3.01. The van der Waals surface area contributed by atoms with E-state index in [0.717, 1.165) is 0 Å². The third kappa shape index (κ3) is 4.13. The van der Waals surface area contributed by atoms with Gasteiger partial charge in [0.1, 0.15) is 5.71 Å². The molecule has 0 saturated heterocycles. The molecule has 7 heteroatoms. The number of Topliss-reactive ketones (excluding diaryl/α,β-unsaturated/α-hetero) is 1. The lowest BCUT2D eigenvalue weighted by Gasteiger charge is -2.17. The van der Waals surface area contributed by atoms with Gasteiger partial charge in [-0.2, -0.15) is 5.10 Å². The summed E-state index contributed by atoms with van der Waals surface area (Å²) in [4.78, 5) is 25.9. The van der Waals surface area contributed by atoms with E-state index in [4.69, 9.17) is 23.2 Å². The van der Waals surface area contributed by atoms with E-state index in [1.807, 2.05) is 18.2 Å². The number of nitrogens with one attached hydrogen (secondary N) is 2. The Kier molecular flexibility index (Phi) is 5.65. The normalized spacial score (nSPS) is 14.1. The van der Waals surface area contributed by atoms with Gasteiger partial charge in [0.05, 0.1) is 16.3 Å². The number of halogens is 2. The molecule has 0 aliphatic heterocycles. The third-order valence-corrected chi connectivity index (χ3v) is 5.03. The molecule has 30 heavy (non-hydrogen) atoms. The molecule has 0 unspecified atom stereocenters. The van der Waals surface area contributed by atoms with Gasteiger partial charge >= 0.3 is 0 Å². The van der Waals surface area contributed by atoms with Crippen molar-refractivity contribution in [2.24, 2.45) is 5.10 Å². The van der Waals surface area contributed by atoms with Crippen LogP contribution in [0.2, 0.25) is 10.0 Å². The second-order valence-corrected chi connectivity index (χ2v) is 7.33. The second kappa shape index (κ2) is 8.53. The van der Waals surface area contributed by atoms with E-state index < -0.39 is 11.7 Å². The number of hydrogen-bond donors (Lipinski definition) is 2. The molecule has 1 amide bonds. The summed E-state index contributed by atoms with van der Waals surface area (Å²) in [5.74, 6) is -0.998. The predicted molar refractivity (Wildman–Crippen MR) is 121 cm³/mol. The maximum atomic E-state index is 13.1. The Morgan fingerprint density at radius 1 is 0.900 bits per heavy atom. The average Bonchev–Trinajstić information content (AvgIpc) is 2.75. The minimum absolute atomic E-state index is 0.00436. The zero-order chi connectivity index (χ0) is 21.1. The van der Waals surface area contributed by atoms with Crippen LogP contribution in [-0.2, 0) is 9.59 Å². The van der Waals surface area contributed by atoms with E-state index in [-0.39, 0.29) is 11.3 Å². The molecule has 2 N–H and O–H groups in total. The largest absolute Gasteiger partial charge is 0.322 e. The summed E-state index contributed by atoms with van der Waals surface area (Å²) in [6.45, 7) is 0. The number of benzene rings is 3. The number of fused-ring (bicyclic) bond motifs is 1. The Morgan fingerprint density at radius 2 is 1.63 bits per heavy atom. The average molecular weight is 436 g/mol. The second-order valence-electron chi connectivity index (χ2n) is 6.49. The van der Waals surface area contributed by atoms with Crippen molar-refractivity contribution < 1.29 is 9.59 Å². The SMILES string of the molecule is O=C(Nc1ccccc1)C1=Cc2ccccc2/C(=N/Nc2cc(Cl)ccc2Cl)C1=O. The summed E-state index contributed by atoms with van der Waals surface area (Å²) < 4.78 is 0. The molecule has 0 heterocycles. The first-order valence-corrected chi connectivity index (χ1v) is 9.79. The van der Waals surface area contributed by atoms with Gasteiger partial charge in [0.2, 0.25) is 5.78 Å². The van der Waals surface area contributed by atoms with Crippen molar-refractivity contribution >= 4 is 58.1 Å². The van der Waals surface area contributed by atoms with Crippen LogP contribution in [0.3, 0.4) is 0 Å². The number of hydrazone groups is 1. The minimum atomic E-state index is -0.505. The molecule has 0 saturated carbocycles. The maximum absolute atomic E-state index is 13.1. The minimum Gasteiger partial charge on any atom is -0.322 e. The van der Waals surface area contributed by atoms with E-state index in [1.165, 1.54) is 0 Å². The van der Waals surface area contributed by atoms with Gasteiger partial charge in [0.15, 0.2) is 0 Å². The van der Waals surface area contributed by atoms with Gasteiger partial charge in [0.25, 0.3) is 5.91 Å². The molecule has 0 bridgehead atoms. The molecule has 0 fully saturated rings. The molecule has 4 rings (SSSR count). The molecule has 148 valence electrons. The van der Waals surface area contributed by atoms with Gasteiger partial charge < -0.3 is 5.32 Å². The van der Waals surface area contributed by atoms with Crippen LogP contribution in [-0.4, -0.2) is 17.4 Å². The molecule has 0 atom stereocenters. The summed E-state index contributed by atoms with van der Waals surface area (Å²) >= 11 is 12.2. The highest BCUT2D eigenvalue weighted by Gasteiger charge is 2.30.